The van der Waals surface area contributed by atoms with Gasteiger partial charge >= 0.3 is 6.36 Å². The standard InChI is InChI=1S/C10H7F3O3/c11-10(12,13)16-8-3-1-2-7(6-8)4-5-9(14)15/h1-6H,(H,14,15)/p-1/b5-4-. The highest BCUT2D eigenvalue weighted by Gasteiger charge is 2.30. The third kappa shape index (κ3) is 4.50. The highest BCUT2D eigenvalue weighted by molar-refractivity contribution is 5.83. The molecule has 16 heavy (non-hydrogen) atoms. The van der Waals surface area contributed by atoms with Crippen molar-refractivity contribution in [1.82, 2.24) is 0 Å². The summed E-state index contributed by atoms with van der Waals surface area (Å²) < 4.78 is 39.2. The molecule has 1 rings (SSSR count). The van der Waals surface area contributed by atoms with Crippen LogP contribution in [0.3, 0.4) is 0 Å². The van der Waals surface area contributed by atoms with Crippen LogP contribution in [-0.4, -0.2) is 12.3 Å². The van der Waals surface area contributed by atoms with Gasteiger partial charge < -0.3 is 14.6 Å². The first kappa shape index (κ1) is 12.1. The van der Waals surface area contributed by atoms with E-state index in [1.807, 2.05) is 0 Å². The van der Waals surface area contributed by atoms with E-state index in [4.69, 9.17) is 0 Å². The highest BCUT2D eigenvalue weighted by atomic mass is 19.4. The van der Waals surface area contributed by atoms with Crippen LogP contribution < -0.4 is 9.84 Å². The SMILES string of the molecule is O=C([O-])/C=C\c1cccc(OC(F)(F)F)c1. The molecule has 0 aliphatic carbocycles. The molecule has 86 valence electrons. The Morgan fingerprint density at radius 1 is 1.38 bits per heavy atom. The molecule has 0 aliphatic heterocycles. The second-order valence-corrected chi connectivity index (χ2v) is 2.77. The molecular formula is C10H6F3O3-. The minimum absolute atomic E-state index is 0.269. The summed E-state index contributed by atoms with van der Waals surface area (Å²) in [4.78, 5) is 10.1. The number of alkyl halides is 3. The van der Waals surface area contributed by atoms with E-state index in [9.17, 15) is 23.1 Å². The maximum atomic E-state index is 11.8. The Hall–Kier alpha value is -1.98. The quantitative estimate of drug-likeness (QED) is 0.738. The van der Waals surface area contributed by atoms with Gasteiger partial charge in [-0.2, -0.15) is 0 Å². The molecule has 3 nitrogen and oxygen atoms in total. The van der Waals surface area contributed by atoms with Crippen molar-refractivity contribution in [3.8, 4) is 5.75 Å². The fourth-order valence-electron chi connectivity index (χ4n) is 0.980. The first-order chi connectivity index (χ1) is 7.37. The molecule has 0 bridgehead atoms. The number of carbonyl (C=O) groups excluding carboxylic acids is 1. The van der Waals surface area contributed by atoms with Crippen molar-refractivity contribution in [3.05, 3.63) is 35.9 Å². The number of carbonyl (C=O) groups is 1. The summed E-state index contributed by atoms with van der Waals surface area (Å²) in [7, 11) is 0. The molecule has 0 fully saturated rings. The summed E-state index contributed by atoms with van der Waals surface area (Å²) in [5.74, 6) is -1.84. The lowest BCUT2D eigenvalue weighted by Crippen LogP contribution is -2.18. The van der Waals surface area contributed by atoms with Crippen molar-refractivity contribution >= 4 is 12.0 Å². The number of hydrogen-bond acceptors (Lipinski definition) is 3. The molecule has 0 saturated carbocycles. The Bertz CT molecular complexity index is 410. The van der Waals surface area contributed by atoms with Gasteiger partial charge in [0.05, 0.1) is 5.97 Å². The van der Waals surface area contributed by atoms with Crippen LogP contribution in [0.1, 0.15) is 5.56 Å². The van der Waals surface area contributed by atoms with Crippen LogP contribution in [0.2, 0.25) is 0 Å². The van der Waals surface area contributed by atoms with E-state index in [0.29, 0.717) is 6.08 Å². The fourth-order valence-corrected chi connectivity index (χ4v) is 0.980. The molecule has 0 saturated heterocycles. The Labute approximate surface area is 88.8 Å². The average molecular weight is 231 g/mol. The molecule has 1 aromatic carbocycles. The van der Waals surface area contributed by atoms with Crippen LogP contribution in [0, 0.1) is 0 Å². The third-order valence-corrected chi connectivity index (χ3v) is 1.50. The molecule has 0 radical (unpaired) electrons. The molecule has 0 heterocycles. The Morgan fingerprint density at radius 3 is 2.62 bits per heavy atom. The van der Waals surface area contributed by atoms with Gasteiger partial charge in [0.2, 0.25) is 0 Å². The molecule has 1 aromatic rings. The molecular weight excluding hydrogens is 225 g/mol. The summed E-state index contributed by atoms with van der Waals surface area (Å²) in [5, 5.41) is 10.1. The van der Waals surface area contributed by atoms with Crippen LogP contribution >= 0.6 is 0 Å². The van der Waals surface area contributed by atoms with Crippen molar-refractivity contribution < 1.29 is 27.8 Å². The van der Waals surface area contributed by atoms with Crippen molar-refractivity contribution in [3.63, 3.8) is 0 Å². The molecule has 0 spiro atoms. The summed E-state index contributed by atoms with van der Waals surface area (Å²) in [5.41, 5.74) is 0.269. The largest absolute Gasteiger partial charge is 0.573 e. The molecule has 0 atom stereocenters. The van der Waals surface area contributed by atoms with Crippen molar-refractivity contribution in [2.45, 2.75) is 6.36 Å². The Kier molecular flexibility index (Phi) is 3.55. The van der Waals surface area contributed by atoms with Gasteiger partial charge in [0, 0.05) is 0 Å². The lowest BCUT2D eigenvalue weighted by atomic mass is 10.2. The number of aliphatic carboxylic acids is 1. The molecule has 0 amide bonds. The molecule has 6 heteroatoms. The van der Waals surface area contributed by atoms with Gasteiger partial charge in [-0.25, -0.2) is 0 Å². The van der Waals surface area contributed by atoms with Gasteiger partial charge in [-0.15, -0.1) is 13.2 Å². The number of benzene rings is 1. The minimum atomic E-state index is -4.77. The summed E-state index contributed by atoms with van der Waals surface area (Å²) >= 11 is 0. The van der Waals surface area contributed by atoms with Crippen LogP contribution in [-0.2, 0) is 4.79 Å². The summed E-state index contributed by atoms with van der Waals surface area (Å²) in [6.07, 6.45) is -2.94. The van der Waals surface area contributed by atoms with E-state index < -0.39 is 18.1 Å². The Morgan fingerprint density at radius 2 is 2.06 bits per heavy atom. The second-order valence-electron chi connectivity index (χ2n) is 2.77. The zero-order valence-corrected chi connectivity index (χ0v) is 7.82. The van der Waals surface area contributed by atoms with Crippen LogP contribution in [0.15, 0.2) is 30.3 Å². The number of halogens is 3. The second kappa shape index (κ2) is 4.69. The number of rotatable bonds is 3. The van der Waals surface area contributed by atoms with Gasteiger partial charge in [0.15, 0.2) is 0 Å². The third-order valence-electron chi connectivity index (χ3n) is 1.50. The zero-order chi connectivity index (χ0) is 12.2. The number of hydrogen-bond donors (Lipinski definition) is 0. The first-order valence-corrected chi connectivity index (χ1v) is 4.12. The molecule has 0 unspecified atom stereocenters. The average Bonchev–Trinajstić information content (AvgIpc) is 2.12. The van der Waals surface area contributed by atoms with Crippen LogP contribution in [0.25, 0.3) is 6.08 Å². The number of ether oxygens (including phenoxy) is 1. The lowest BCUT2D eigenvalue weighted by molar-refractivity contribution is -0.297. The molecule has 0 N–H and O–H groups in total. The van der Waals surface area contributed by atoms with Gasteiger partial charge in [-0.1, -0.05) is 18.2 Å². The Balaban J connectivity index is 2.83. The van der Waals surface area contributed by atoms with E-state index in [1.54, 1.807) is 0 Å². The number of carboxylic acid groups (broad SMARTS) is 1. The monoisotopic (exact) mass is 231 g/mol. The molecule has 0 aromatic heterocycles. The topological polar surface area (TPSA) is 49.4 Å². The van der Waals surface area contributed by atoms with Crippen molar-refractivity contribution in [2.75, 3.05) is 0 Å². The van der Waals surface area contributed by atoms with E-state index >= 15 is 0 Å². The van der Waals surface area contributed by atoms with E-state index in [1.165, 1.54) is 12.1 Å². The van der Waals surface area contributed by atoms with Crippen LogP contribution in [0.5, 0.6) is 5.75 Å². The molecule has 0 aliphatic rings. The van der Waals surface area contributed by atoms with Gasteiger partial charge in [-0.3, -0.25) is 0 Å². The predicted octanol–water partition coefficient (Wildman–Crippen LogP) is 1.35. The summed E-state index contributed by atoms with van der Waals surface area (Å²) in [6, 6.07) is 4.93. The van der Waals surface area contributed by atoms with Crippen molar-refractivity contribution in [1.29, 1.82) is 0 Å². The van der Waals surface area contributed by atoms with Crippen molar-refractivity contribution in [2.24, 2.45) is 0 Å². The highest BCUT2D eigenvalue weighted by Crippen LogP contribution is 2.23. The van der Waals surface area contributed by atoms with E-state index in [2.05, 4.69) is 4.74 Å². The fraction of sp³-hybridized carbons (Fsp3) is 0.100. The smallest absolute Gasteiger partial charge is 0.545 e. The zero-order valence-electron chi connectivity index (χ0n) is 7.82. The van der Waals surface area contributed by atoms with E-state index in [0.717, 1.165) is 18.2 Å². The van der Waals surface area contributed by atoms with Gasteiger partial charge in [-0.05, 0) is 23.8 Å². The summed E-state index contributed by atoms with van der Waals surface area (Å²) in [6.45, 7) is 0. The maximum Gasteiger partial charge on any atom is 0.573 e. The minimum Gasteiger partial charge on any atom is -0.545 e. The lowest BCUT2D eigenvalue weighted by Gasteiger charge is -2.08. The number of carboxylic acids is 1. The normalized spacial score (nSPS) is 11.7. The predicted molar refractivity (Wildman–Crippen MR) is 47.2 cm³/mol. The maximum absolute atomic E-state index is 11.8. The van der Waals surface area contributed by atoms with E-state index in [-0.39, 0.29) is 5.56 Å². The van der Waals surface area contributed by atoms with Crippen LogP contribution in [0.4, 0.5) is 13.2 Å². The van der Waals surface area contributed by atoms with Gasteiger partial charge in [0.1, 0.15) is 5.75 Å². The first-order valence-electron chi connectivity index (χ1n) is 4.12. The van der Waals surface area contributed by atoms with Gasteiger partial charge in [0.25, 0.3) is 0 Å².